The first-order valence-electron chi connectivity index (χ1n) is 11.0. The molecule has 3 fully saturated rings. The highest BCUT2D eigenvalue weighted by Crippen LogP contribution is 2.42. The fraction of sp³-hybridized carbons (Fsp3) is 0.667. The minimum Gasteiger partial charge on any atom is -0.395 e. The van der Waals surface area contributed by atoms with Gasteiger partial charge in [-0.05, 0) is 76.5 Å². The number of hydrogen-bond donors (Lipinski definition) is 1. The standard InChI is InChI=1S/C24H35N3O/c1-25(2)13-5-6-19-9-11-21(12-10-19)24-22-17-26(16-20-7-8-20)14-3-4-15-27(22)23(24)18-28/h9-12,20,22-24,28H,3-4,7-8,13-18H2,1-2H3/t22-,23-,24+/m1/s1. The summed E-state index contributed by atoms with van der Waals surface area (Å²) in [6.45, 7) is 5.86. The van der Waals surface area contributed by atoms with E-state index >= 15 is 0 Å². The molecule has 0 unspecified atom stereocenters. The zero-order chi connectivity index (χ0) is 19.5. The molecule has 152 valence electrons. The van der Waals surface area contributed by atoms with E-state index in [1.807, 2.05) is 14.1 Å². The highest BCUT2D eigenvalue weighted by Gasteiger charge is 2.49. The van der Waals surface area contributed by atoms with Crippen LogP contribution in [0.2, 0.25) is 0 Å². The van der Waals surface area contributed by atoms with Crippen molar-refractivity contribution in [2.24, 2.45) is 5.92 Å². The van der Waals surface area contributed by atoms with E-state index in [4.69, 9.17) is 0 Å². The maximum absolute atomic E-state index is 10.1. The van der Waals surface area contributed by atoms with Crippen LogP contribution in [-0.2, 0) is 0 Å². The van der Waals surface area contributed by atoms with Crippen molar-refractivity contribution in [1.82, 2.24) is 14.7 Å². The molecule has 1 N–H and O–H groups in total. The minimum absolute atomic E-state index is 0.258. The van der Waals surface area contributed by atoms with Crippen molar-refractivity contribution in [2.45, 2.75) is 43.7 Å². The lowest BCUT2D eigenvalue weighted by molar-refractivity contribution is -0.0649. The summed E-state index contributed by atoms with van der Waals surface area (Å²) in [7, 11) is 4.08. The highest BCUT2D eigenvalue weighted by molar-refractivity contribution is 5.39. The summed E-state index contributed by atoms with van der Waals surface area (Å²) in [5.41, 5.74) is 2.45. The van der Waals surface area contributed by atoms with E-state index in [1.165, 1.54) is 44.3 Å². The smallest absolute Gasteiger partial charge is 0.0600 e. The second kappa shape index (κ2) is 8.97. The Hall–Kier alpha value is -1.38. The molecule has 3 atom stereocenters. The van der Waals surface area contributed by atoms with Gasteiger partial charge in [0.25, 0.3) is 0 Å². The number of aliphatic hydroxyl groups is 1. The summed E-state index contributed by atoms with van der Waals surface area (Å²) in [6, 6.07) is 9.61. The molecular formula is C24H35N3O. The second-order valence-corrected chi connectivity index (χ2v) is 9.15. The Balaban J connectivity index is 1.47. The zero-order valence-corrected chi connectivity index (χ0v) is 17.5. The molecule has 1 aliphatic carbocycles. The molecule has 28 heavy (non-hydrogen) atoms. The maximum atomic E-state index is 10.1. The van der Waals surface area contributed by atoms with Gasteiger partial charge in [0.15, 0.2) is 0 Å². The van der Waals surface area contributed by atoms with E-state index in [0.717, 1.165) is 31.1 Å². The Kier molecular flexibility index (Phi) is 6.38. The summed E-state index contributed by atoms with van der Waals surface area (Å²) < 4.78 is 0. The predicted octanol–water partition coefficient (Wildman–Crippen LogP) is 2.23. The van der Waals surface area contributed by atoms with Crippen molar-refractivity contribution < 1.29 is 5.11 Å². The summed E-state index contributed by atoms with van der Waals surface area (Å²) in [5.74, 6) is 7.85. The lowest BCUT2D eigenvalue weighted by Gasteiger charge is -2.57. The maximum Gasteiger partial charge on any atom is 0.0600 e. The van der Waals surface area contributed by atoms with Crippen molar-refractivity contribution in [3.63, 3.8) is 0 Å². The SMILES string of the molecule is CN(C)CC#Cc1ccc([C@@H]2[C@@H](CO)N3CCCCN(CC4CC4)C[C@H]23)cc1. The highest BCUT2D eigenvalue weighted by atomic mass is 16.3. The number of aliphatic hydroxyl groups excluding tert-OH is 1. The molecule has 0 spiro atoms. The van der Waals surface area contributed by atoms with Gasteiger partial charge in [-0.3, -0.25) is 9.80 Å². The Morgan fingerprint density at radius 2 is 1.86 bits per heavy atom. The molecule has 2 saturated heterocycles. The third-order valence-electron chi connectivity index (χ3n) is 6.59. The second-order valence-electron chi connectivity index (χ2n) is 9.15. The molecule has 1 aromatic carbocycles. The van der Waals surface area contributed by atoms with Crippen LogP contribution in [0.15, 0.2) is 24.3 Å². The van der Waals surface area contributed by atoms with Crippen LogP contribution in [0.1, 0.15) is 42.7 Å². The van der Waals surface area contributed by atoms with Crippen molar-refractivity contribution in [1.29, 1.82) is 0 Å². The number of rotatable bonds is 5. The molecule has 4 rings (SSSR count). The monoisotopic (exact) mass is 381 g/mol. The average molecular weight is 382 g/mol. The molecule has 2 aliphatic heterocycles. The Bertz CT molecular complexity index is 701. The Morgan fingerprint density at radius 3 is 2.54 bits per heavy atom. The summed E-state index contributed by atoms with van der Waals surface area (Å²) in [6.07, 6.45) is 5.38. The number of benzene rings is 1. The molecule has 4 heteroatoms. The first-order valence-corrected chi connectivity index (χ1v) is 11.0. The van der Waals surface area contributed by atoms with Crippen LogP contribution in [0.4, 0.5) is 0 Å². The first-order chi connectivity index (χ1) is 13.7. The summed E-state index contributed by atoms with van der Waals surface area (Å²) in [4.78, 5) is 7.36. The summed E-state index contributed by atoms with van der Waals surface area (Å²) >= 11 is 0. The van der Waals surface area contributed by atoms with Crippen molar-refractivity contribution in [2.75, 3.05) is 53.4 Å². The molecule has 0 bridgehead atoms. The van der Waals surface area contributed by atoms with Gasteiger partial charge in [-0.15, -0.1) is 0 Å². The molecule has 1 aromatic rings. The molecule has 2 heterocycles. The lowest BCUT2D eigenvalue weighted by Crippen LogP contribution is -2.67. The van der Waals surface area contributed by atoms with Gasteiger partial charge >= 0.3 is 0 Å². The summed E-state index contributed by atoms with van der Waals surface area (Å²) in [5, 5.41) is 10.1. The topological polar surface area (TPSA) is 30.0 Å². The van der Waals surface area contributed by atoms with E-state index in [1.54, 1.807) is 0 Å². The molecule has 3 aliphatic rings. The van der Waals surface area contributed by atoms with Crippen molar-refractivity contribution in [3.05, 3.63) is 35.4 Å². The zero-order valence-electron chi connectivity index (χ0n) is 17.5. The molecular weight excluding hydrogens is 346 g/mol. The molecule has 4 nitrogen and oxygen atoms in total. The fourth-order valence-electron chi connectivity index (χ4n) is 4.93. The quantitative estimate of drug-likeness (QED) is 0.793. The van der Waals surface area contributed by atoms with E-state index in [-0.39, 0.29) is 12.6 Å². The van der Waals surface area contributed by atoms with Crippen LogP contribution in [0, 0.1) is 17.8 Å². The van der Waals surface area contributed by atoms with Crippen LogP contribution >= 0.6 is 0 Å². The van der Waals surface area contributed by atoms with Gasteiger partial charge in [0.05, 0.1) is 13.2 Å². The van der Waals surface area contributed by atoms with Crippen LogP contribution < -0.4 is 0 Å². The van der Waals surface area contributed by atoms with Gasteiger partial charge in [-0.25, -0.2) is 0 Å². The van der Waals surface area contributed by atoms with Crippen molar-refractivity contribution in [3.8, 4) is 11.8 Å². The van der Waals surface area contributed by atoms with E-state index < -0.39 is 0 Å². The van der Waals surface area contributed by atoms with Crippen LogP contribution in [0.25, 0.3) is 0 Å². The Morgan fingerprint density at radius 1 is 1.11 bits per heavy atom. The van der Waals surface area contributed by atoms with Crippen molar-refractivity contribution >= 4 is 0 Å². The first kappa shape index (κ1) is 19.9. The Labute approximate surface area is 170 Å². The van der Waals surface area contributed by atoms with Gasteiger partial charge in [-0.2, -0.15) is 0 Å². The molecule has 1 saturated carbocycles. The fourth-order valence-corrected chi connectivity index (χ4v) is 4.93. The van der Waals surface area contributed by atoms with Gasteiger partial charge in [0, 0.05) is 36.7 Å². The largest absolute Gasteiger partial charge is 0.395 e. The van der Waals surface area contributed by atoms with Crippen LogP contribution in [-0.4, -0.2) is 85.3 Å². The predicted molar refractivity (Wildman–Crippen MR) is 114 cm³/mol. The van der Waals surface area contributed by atoms with Gasteiger partial charge in [0.2, 0.25) is 0 Å². The molecule has 0 radical (unpaired) electrons. The minimum atomic E-state index is 0.258. The third kappa shape index (κ3) is 4.60. The van der Waals surface area contributed by atoms with Gasteiger partial charge < -0.3 is 10.0 Å². The van der Waals surface area contributed by atoms with Crippen LogP contribution in [0.5, 0.6) is 0 Å². The van der Waals surface area contributed by atoms with E-state index in [0.29, 0.717) is 12.0 Å². The van der Waals surface area contributed by atoms with Crippen LogP contribution in [0.3, 0.4) is 0 Å². The van der Waals surface area contributed by atoms with E-state index in [2.05, 4.69) is 50.8 Å². The average Bonchev–Trinajstić information content (AvgIpc) is 3.47. The molecule has 0 amide bonds. The lowest BCUT2D eigenvalue weighted by atomic mass is 9.74. The number of nitrogens with zero attached hydrogens (tertiary/aromatic N) is 3. The number of fused-ring (bicyclic) bond motifs is 1. The molecule has 0 aromatic heterocycles. The van der Waals surface area contributed by atoms with Gasteiger partial charge in [0.1, 0.15) is 0 Å². The van der Waals surface area contributed by atoms with Gasteiger partial charge in [-0.1, -0.05) is 24.0 Å². The van der Waals surface area contributed by atoms with E-state index in [9.17, 15) is 5.11 Å². The number of hydrogen-bond acceptors (Lipinski definition) is 4. The normalized spacial score (nSPS) is 28.6. The third-order valence-corrected chi connectivity index (χ3v) is 6.59.